The number of rotatable bonds is 3. The first-order valence-electron chi connectivity index (χ1n) is 7.85. The van der Waals surface area contributed by atoms with Crippen LogP contribution < -0.4 is 5.32 Å². The summed E-state index contributed by atoms with van der Waals surface area (Å²) in [7, 11) is -4.14. The number of carbonyl (C=O) groups is 1. The van der Waals surface area contributed by atoms with Crippen molar-refractivity contribution in [2.24, 2.45) is 0 Å². The molecule has 1 aromatic carbocycles. The van der Waals surface area contributed by atoms with Crippen LogP contribution in [0, 0.1) is 11.6 Å². The fourth-order valence-corrected chi connectivity index (χ4v) is 4.81. The number of amides is 1. The van der Waals surface area contributed by atoms with Gasteiger partial charge in [-0.25, -0.2) is 17.2 Å². The molecule has 6 nitrogen and oxygen atoms in total. The number of sulfonamides is 1. The maximum atomic E-state index is 13.9. The molecule has 2 aliphatic rings. The predicted octanol–water partition coefficient (Wildman–Crippen LogP) is 0.550. The number of hydrogen-bond acceptors (Lipinski definition) is 4. The molecule has 1 amide bonds. The van der Waals surface area contributed by atoms with Gasteiger partial charge in [-0.05, 0) is 25.0 Å². The Morgan fingerprint density at radius 1 is 1.21 bits per heavy atom. The van der Waals surface area contributed by atoms with Crippen molar-refractivity contribution in [1.82, 2.24) is 14.5 Å². The van der Waals surface area contributed by atoms with Crippen LogP contribution >= 0.6 is 0 Å². The molecule has 0 radical (unpaired) electrons. The summed E-state index contributed by atoms with van der Waals surface area (Å²) in [4.78, 5) is 13.0. The zero-order chi connectivity index (χ0) is 17.3. The first-order chi connectivity index (χ1) is 11.4. The molecule has 2 heterocycles. The summed E-state index contributed by atoms with van der Waals surface area (Å²) in [5.74, 6) is -2.62. The Balaban J connectivity index is 1.83. The van der Waals surface area contributed by atoms with Crippen LogP contribution in [0.1, 0.15) is 12.8 Å². The first-order valence-corrected chi connectivity index (χ1v) is 9.29. The van der Waals surface area contributed by atoms with Crippen LogP contribution in [0.4, 0.5) is 8.78 Å². The highest BCUT2D eigenvalue weighted by atomic mass is 32.2. The summed E-state index contributed by atoms with van der Waals surface area (Å²) in [6, 6.07) is 2.88. The summed E-state index contributed by atoms with van der Waals surface area (Å²) >= 11 is 0. The third-order valence-electron chi connectivity index (χ3n) is 4.46. The average molecular weight is 359 g/mol. The SMILES string of the molecule is O=C1CNCCN1C1CCCN(S(=O)(=O)c2cccc(F)c2F)C1. The minimum absolute atomic E-state index is 0.0672. The molecule has 0 aliphatic carbocycles. The lowest BCUT2D eigenvalue weighted by molar-refractivity contribution is -0.135. The Bertz CT molecular complexity index is 741. The second-order valence-electron chi connectivity index (χ2n) is 5.97. The molecule has 0 aromatic heterocycles. The number of carbonyl (C=O) groups excluding carboxylic acids is 1. The van der Waals surface area contributed by atoms with Crippen molar-refractivity contribution in [3.05, 3.63) is 29.8 Å². The molecule has 2 aliphatic heterocycles. The Kier molecular flexibility index (Phi) is 4.84. The lowest BCUT2D eigenvalue weighted by Crippen LogP contribution is -2.57. The minimum Gasteiger partial charge on any atom is -0.336 e. The van der Waals surface area contributed by atoms with E-state index in [1.54, 1.807) is 4.90 Å². The fraction of sp³-hybridized carbons (Fsp3) is 0.533. The van der Waals surface area contributed by atoms with Crippen molar-refractivity contribution in [3.8, 4) is 0 Å². The number of halogens is 2. The normalized spacial score (nSPS) is 23.5. The van der Waals surface area contributed by atoms with Crippen molar-refractivity contribution in [2.45, 2.75) is 23.8 Å². The van der Waals surface area contributed by atoms with Crippen LogP contribution in [-0.4, -0.2) is 62.3 Å². The monoisotopic (exact) mass is 359 g/mol. The van der Waals surface area contributed by atoms with Crippen LogP contribution in [0.2, 0.25) is 0 Å². The quantitative estimate of drug-likeness (QED) is 0.856. The zero-order valence-electron chi connectivity index (χ0n) is 13.0. The molecule has 0 spiro atoms. The number of piperidine rings is 1. The van der Waals surface area contributed by atoms with E-state index in [4.69, 9.17) is 0 Å². The van der Waals surface area contributed by atoms with Crippen molar-refractivity contribution in [3.63, 3.8) is 0 Å². The molecule has 1 atom stereocenters. The Labute approximate surface area is 139 Å². The van der Waals surface area contributed by atoms with Gasteiger partial charge in [0.25, 0.3) is 0 Å². The van der Waals surface area contributed by atoms with Gasteiger partial charge < -0.3 is 10.2 Å². The topological polar surface area (TPSA) is 69.7 Å². The lowest BCUT2D eigenvalue weighted by atomic mass is 10.1. The number of nitrogens with one attached hydrogen (secondary N) is 1. The molecule has 9 heteroatoms. The van der Waals surface area contributed by atoms with Gasteiger partial charge >= 0.3 is 0 Å². The molecule has 1 unspecified atom stereocenters. The number of nitrogens with zero attached hydrogens (tertiary/aromatic N) is 2. The maximum Gasteiger partial charge on any atom is 0.246 e. The van der Waals surface area contributed by atoms with Crippen molar-refractivity contribution >= 4 is 15.9 Å². The van der Waals surface area contributed by atoms with Gasteiger partial charge in [-0.3, -0.25) is 4.79 Å². The van der Waals surface area contributed by atoms with Gasteiger partial charge in [0, 0.05) is 32.2 Å². The van der Waals surface area contributed by atoms with E-state index >= 15 is 0 Å². The number of hydrogen-bond donors (Lipinski definition) is 1. The summed E-state index contributed by atoms with van der Waals surface area (Å²) < 4.78 is 53.8. The van der Waals surface area contributed by atoms with Crippen LogP contribution in [0.25, 0.3) is 0 Å². The highest BCUT2D eigenvalue weighted by molar-refractivity contribution is 7.89. The molecule has 0 bridgehead atoms. The summed E-state index contributed by atoms with van der Waals surface area (Å²) in [5, 5.41) is 2.97. The van der Waals surface area contributed by atoms with E-state index in [1.807, 2.05) is 0 Å². The molecule has 3 rings (SSSR count). The van der Waals surface area contributed by atoms with Gasteiger partial charge in [-0.1, -0.05) is 6.07 Å². The largest absolute Gasteiger partial charge is 0.336 e. The van der Waals surface area contributed by atoms with Crippen molar-refractivity contribution < 1.29 is 22.0 Å². The highest BCUT2D eigenvalue weighted by Gasteiger charge is 2.36. The number of piperazine rings is 1. The van der Waals surface area contributed by atoms with Crippen LogP contribution in [0.5, 0.6) is 0 Å². The van der Waals surface area contributed by atoms with Gasteiger partial charge in [0.15, 0.2) is 11.6 Å². The Hall–Kier alpha value is -1.58. The lowest BCUT2D eigenvalue weighted by Gasteiger charge is -2.40. The minimum atomic E-state index is -4.14. The molecule has 1 aromatic rings. The first kappa shape index (κ1) is 17.2. The molecule has 132 valence electrons. The third-order valence-corrected chi connectivity index (χ3v) is 6.34. The van der Waals surface area contributed by atoms with Crippen LogP contribution in [0.3, 0.4) is 0 Å². The molecular weight excluding hydrogens is 340 g/mol. The van der Waals surface area contributed by atoms with Crippen molar-refractivity contribution in [1.29, 1.82) is 0 Å². The van der Waals surface area contributed by atoms with E-state index in [-0.39, 0.29) is 31.6 Å². The van der Waals surface area contributed by atoms with Gasteiger partial charge in [-0.2, -0.15) is 4.31 Å². The van der Waals surface area contributed by atoms with Gasteiger partial charge in [0.2, 0.25) is 15.9 Å². The van der Waals surface area contributed by atoms with Crippen LogP contribution in [0.15, 0.2) is 23.1 Å². The average Bonchev–Trinajstić information content (AvgIpc) is 2.58. The standard InChI is InChI=1S/C15H19F2N3O3S/c16-12-4-1-5-13(15(12)17)24(22,23)19-7-2-3-11(10-19)20-8-6-18-9-14(20)21/h1,4-5,11,18H,2-3,6-10H2. The molecule has 24 heavy (non-hydrogen) atoms. The smallest absolute Gasteiger partial charge is 0.246 e. The summed E-state index contributed by atoms with van der Waals surface area (Å²) in [6.07, 6.45) is 1.27. The van der Waals surface area contributed by atoms with Crippen molar-refractivity contribution in [2.75, 3.05) is 32.7 Å². The number of benzene rings is 1. The Morgan fingerprint density at radius 3 is 2.75 bits per heavy atom. The summed E-state index contributed by atoms with van der Waals surface area (Å²) in [5.41, 5.74) is 0. The van der Waals surface area contributed by atoms with Gasteiger partial charge in [0.05, 0.1) is 6.54 Å². The van der Waals surface area contributed by atoms with E-state index in [0.29, 0.717) is 25.9 Å². The predicted molar refractivity (Wildman–Crippen MR) is 82.7 cm³/mol. The summed E-state index contributed by atoms with van der Waals surface area (Å²) in [6.45, 7) is 1.75. The van der Waals surface area contributed by atoms with Gasteiger partial charge in [-0.15, -0.1) is 0 Å². The van der Waals surface area contributed by atoms with E-state index < -0.39 is 26.6 Å². The van der Waals surface area contributed by atoms with E-state index in [1.165, 1.54) is 6.07 Å². The Morgan fingerprint density at radius 2 is 2.00 bits per heavy atom. The fourth-order valence-electron chi connectivity index (χ4n) is 3.22. The van der Waals surface area contributed by atoms with E-state index in [9.17, 15) is 22.0 Å². The second-order valence-corrected chi connectivity index (χ2v) is 7.88. The van der Waals surface area contributed by atoms with E-state index in [2.05, 4.69) is 5.32 Å². The van der Waals surface area contributed by atoms with Gasteiger partial charge in [0.1, 0.15) is 4.90 Å². The molecule has 1 N–H and O–H groups in total. The maximum absolute atomic E-state index is 13.9. The molecule has 2 saturated heterocycles. The van der Waals surface area contributed by atoms with Crippen LogP contribution in [-0.2, 0) is 14.8 Å². The second kappa shape index (κ2) is 6.73. The third kappa shape index (κ3) is 3.15. The molecular formula is C15H19F2N3O3S. The highest BCUT2D eigenvalue weighted by Crippen LogP contribution is 2.26. The zero-order valence-corrected chi connectivity index (χ0v) is 13.9. The molecule has 2 fully saturated rings. The molecule has 0 saturated carbocycles. The van der Waals surface area contributed by atoms with E-state index in [0.717, 1.165) is 16.4 Å².